The fourth-order valence-corrected chi connectivity index (χ4v) is 15.5. The van der Waals surface area contributed by atoms with Crippen LogP contribution in [0.2, 0.25) is 0 Å². The Balaban J connectivity index is 1.27. The van der Waals surface area contributed by atoms with Crippen LogP contribution in [-0.4, -0.2) is 16.7 Å². The summed E-state index contributed by atoms with van der Waals surface area (Å²) in [4.78, 5) is 8.09. The predicted octanol–water partition coefficient (Wildman–Crippen LogP) is 18.8. The van der Waals surface area contributed by atoms with Gasteiger partial charge in [0, 0.05) is 48.9 Å². The Morgan fingerprint density at radius 2 is 1.26 bits per heavy atom. The highest BCUT2D eigenvalue weighted by Gasteiger charge is 2.50. The number of benzene rings is 6. The van der Waals surface area contributed by atoms with Gasteiger partial charge < -0.3 is 14.7 Å². The number of rotatable bonds is 6. The molecule has 0 bridgehead atoms. The van der Waals surface area contributed by atoms with E-state index in [0.29, 0.717) is 5.92 Å². The van der Waals surface area contributed by atoms with Crippen molar-refractivity contribution in [1.82, 2.24) is 0 Å². The maximum Gasteiger partial charge on any atom is 0.264 e. The Kier molecular flexibility index (Phi) is 12.5. The van der Waals surface area contributed by atoms with Gasteiger partial charge in [0.05, 0.1) is 27.0 Å². The van der Waals surface area contributed by atoms with E-state index in [2.05, 4.69) is 292 Å². The molecule has 5 aliphatic rings. The lowest BCUT2D eigenvalue weighted by molar-refractivity contribution is 0.332. The Morgan fingerprint density at radius 3 is 1.87 bits per heavy atom. The SMILES string of the molecule is CC1CC=CC=C1c1cc(C(C)(C)C)ccc1N1c2cc(N(c3ccccc3)c3ccccc3)cc3c2B(c2cc4c(cc2N3[C@@H]2C=CC(C(C)(C)C)=CC2I)C(C)(C)CCC4(C)C)c2sc3ccc(C(C)(C)C)cc3c21. The monoisotopic (exact) mass is 1140 g/mol. The Bertz CT molecular complexity index is 3590. The van der Waals surface area contributed by atoms with Crippen LogP contribution in [0.25, 0.3) is 15.7 Å². The highest BCUT2D eigenvalue weighted by molar-refractivity contribution is 14.1. The summed E-state index contributed by atoms with van der Waals surface area (Å²) in [7, 11) is 0. The topological polar surface area (TPSA) is 9.72 Å². The highest BCUT2D eigenvalue weighted by Crippen LogP contribution is 2.55. The molecule has 3 aliphatic carbocycles. The molecule has 0 N–H and O–H groups in total. The first kappa shape index (κ1) is 52.2. The second-order valence-corrected chi connectivity index (χ2v) is 29.9. The van der Waals surface area contributed by atoms with Gasteiger partial charge >= 0.3 is 0 Å². The summed E-state index contributed by atoms with van der Waals surface area (Å²) in [6, 6.07) is 47.6. The number of allylic oxidation sites excluding steroid dienone is 6. The standard InChI is InChI=1S/C71H77BIN3S/c1-44-23-21-22-28-51(44)52-37-45(67(2,3)4)29-32-58(52)76-62-41-50(74(48-24-17-15-18-25-48)49-26-19-16-20-27-49)40-61-64(62)72(66-65(76)53-38-46(68(5,6)7)31-34-63(53)77-66)56-42-54-55(71(13,14)36-35-70(54,11)12)43-60(56)75(61)59-33-30-47(39-57(59)73)69(8,9)10/h15-22,24-34,37-44,57,59H,23,35-36H2,1-14H3/t44?,57?,59-/m1/s1. The van der Waals surface area contributed by atoms with E-state index < -0.39 is 0 Å². The van der Waals surface area contributed by atoms with Crippen LogP contribution in [0.4, 0.5) is 45.5 Å². The molecule has 6 heteroatoms. The minimum Gasteiger partial charge on any atom is -0.334 e. The summed E-state index contributed by atoms with van der Waals surface area (Å²) >= 11 is 4.81. The first-order valence-electron chi connectivity index (χ1n) is 28.4. The van der Waals surface area contributed by atoms with Crippen molar-refractivity contribution in [2.75, 3.05) is 14.7 Å². The Hall–Kier alpha value is -5.57. The molecular formula is C71H77BIN3S. The molecular weight excluding hydrogens is 1060 g/mol. The zero-order chi connectivity index (χ0) is 54.3. The maximum atomic E-state index is 2.82. The van der Waals surface area contributed by atoms with E-state index in [0.717, 1.165) is 36.3 Å². The molecule has 7 aromatic rings. The van der Waals surface area contributed by atoms with Crippen molar-refractivity contribution >= 4 is 118 Å². The van der Waals surface area contributed by atoms with Crippen LogP contribution in [0.3, 0.4) is 0 Å². The van der Waals surface area contributed by atoms with Crippen molar-refractivity contribution in [3.8, 4) is 0 Å². The number of hydrogen-bond donors (Lipinski definition) is 0. The second kappa shape index (κ2) is 18.5. The lowest BCUT2D eigenvalue weighted by atomic mass is 9.35. The van der Waals surface area contributed by atoms with Gasteiger partial charge in [0.2, 0.25) is 0 Å². The molecule has 6 aromatic carbocycles. The predicted molar refractivity (Wildman–Crippen MR) is 346 cm³/mol. The third-order valence-electron chi connectivity index (χ3n) is 18.0. The number of nitrogens with zero attached hydrogens (tertiary/aromatic N) is 3. The summed E-state index contributed by atoms with van der Waals surface area (Å²) in [5.74, 6) is 0.357. The zero-order valence-electron chi connectivity index (χ0n) is 48.1. The highest BCUT2D eigenvalue weighted by atomic mass is 127. The first-order chi connectivity index (χ1) is 36.4. The van der Waals surface area contributed by atoms with E-state index in [9.17, 15) is 0 Å². The van der Waals surface area contributed by atoms with E-state index >= 15 is 0 Å². The fourth-order valence-electron chi connectivity index (χ4n) is 13.2. The number of para-hydroxylation sites is 2. The number of anilines is 8. The van der Waals surface area contributed by atoms with Gasteiger partial charge in [0.1, 0.15) is 0 Å². The molecule has 0 radical (unpaired) electrons. The molecule has 77 heavy (non-hydrogen) atoms. The van der Waals surface area contributed by atoms with E-state index in [-0.39, 0.29) is 43.8 Å². The maximum absolute atomic E-state index is 2.82. The van der Waals surface area contributed by atoms with Crippen LogP contribution in [0.5, 0.6) is 0 Å². The minimum absolute atomic E-state index is 0.0102. The minimum atomic E-state index is -0.0438. The molecule has 2 aliphatic heterocycles. The van der Waals surface area contributed by atoms with Crippen molar-refractivity contribution in [3.63, 3.8) is 0 Å². The van der Waals surface area contributed by atoms with Crippen LogP contribution in [0.1, 0.15) is 144 Å². The number of hydrogen-bond acceptors (Lipinski definition) is 4. The van der Waals surface area contributed by atoms with Crippen LogP contribution < -0.4 is 30.4 Å². The normalized spacial score (nSPS) is 20.3. The van der Waals surface area contributed by atoms with Crippen molar-refractivity contribution < 1.29 is 0 Å². The fraction of sp³-hybridized carbons (Fsp3) is 0.352. The van der Waals surface area contributed by atoms with Crippen molar-refractivity contribution in [3.05, 3.63) is 191 Å². The molecule has 1 aromatic heterocycles. The molecule has 3 atom stereocenters. The first-order valence-corrected chi connectivity index (χ1v) is 30.5. The van der Waals surface area contributed by atoms with Crippen molar-refractivity contribution in [1.29, 1.82) is 0 Å². The molecule has 2 unspecified atom stereocenters. The lowest BCUT2D eigenvalue weighted by Crippen LogP contribution is -2.63. The van der Waals surface area contributed by atoms with Crippen LogP contribution in [0.15, 0.2) is 163 Å². The summed E-state index contributed by atoms with van der Waals surface area (Å²) < 4.78 is 2.97. The molecule has 12 rings (SSSR count). The molecule has 0 saturated carbocycles. The van der Waals surface area contributed by atoms with E-state index in [4.69, 9.17) is 0 Å². The summed E-state index contributed by atoms with van der Waals surface area (Å²) in [6.45, 7) is 33.7. The molecule has 0 spiro atoms. The van der Waals surface area contributed by atoms with Crippen LogP contribution in [0, 0.1) is 11.3 Å². The number of fused-ring (bicyclic) bond motifs is 7. The van der Waals surface area contributed by atoms with Crippen molar-refractivity contribution in [2.45, 2.75) is 148 Å². The summed E-state index contributed by atoms with van der Waals surface area (Å²) in [5.41, 5.74) is 22.5. The molecule has 0 amide bonds. The third-order valence-corrected chi connectivity index (χ3v) is 20.3. The number of alkyl halides is 1. The quantitative estimate of drug-likeness (QED) is 0.0933. The summed E-state index contributed by atoms with van der Waals surface area (Å²) in [6.07, 6.45) is 18.0. The number of halogens is 1. The van der Waals surface area contributed by atoms with Crippen molar-refractivity contribution in [2.24, 2.45) is 11.3 Å². The largest absolute Gasteiger partial charge is 0.334 e. The Labute approximate surface area is 479 Å². The van der Waals surface area contributed by atoms with Gasteiger partial charge in [-0.15, -0.1) is 11.3 Å². The second-order valence-electron chi connectivity index (χ2n) is 27.4. The molecule has 392 valence electrons. The average Bonchev–Trinajstić information content (AvgIpc) is 3.95. The van der Waals surface area contributed by atoms with E-state index in [1.165, 1.54) is 93.2 Å². The molecule has 3 heterocycles. The van der Waals surface area contributed by atoms with Gasteiger partial charge in [-0.25, -0.2) is 0 Å². The zero-order valence-corrected chi connectivity index (χ0v) is 51.0. The molecule has 0 fully saturated rings. The average molecular weight is 1140 g/mol. The van der Waals surface area contributed by atoms with Gasteiger partial charge in [0.25, 0.3) is 6.71 Å². The van der Waals surface area contributed by atoms with Crippen LogP contribution >= 0.6 is 33.9 Å². The van der Waals surface area contributed by atoms with E-state index in [1.807, 2.05) is 11.3 Å². The molecule has 3 nitrogen and oxygen atoms in total. The van der Waals surface area contributed by atoms with Crippen LogP contribution in [-0.2, 0) is 21.7 Å². The number of thiophene rings is 1. The van der Waals surface area contributed by atoms with Gasteiger partial charge in [-0.1, -0.05) is 211 Å². The van der Waals surface area contributed by atoms with Gasteiger partial charge in [-0.3, -0.25) is 0 Å². The van der Waals surface area contributed by atoms with E-state index in [1.54, 1.807) is 0 Å². The lowest BCUT2D eigenvalue weighted by Gasteiger charge is -2.49. The summed E-state index contributed by atoms with van der Waals surface area (Å²) in [5, 5.41) is 1.33. The van der Waals surface area contributed by atoms with Gasteiger partial charge in [0.15, 0.2) is 0 Å². The smallest absolute Gasteiger partial charge is 0.264 e. The molecule has 0 saturated heterocycles. The van der Waals surface area contributed by atoms with Gasteiger partial charge in [-0.2, -0.15) is 0 Å². The van der Waals surface area contributed by atoms with Gasteiger partial charge in [-0.05, 0) is 163 Å². The Morgan fingerprint density at radius 1 is 0.649 bits per heavy atom. The third kappa shape index (κ3) is 8.82.